The molecule has 28 heavy (non-hydrogen) atoms. The number of aliphatic hydroxyl groups excluding tert-OH is 1. The molecular formula is C19H26F2N4O3. The second-order valence-electron chi connectivity index (χ2n) is 8.30. The van der Waals surface area contributed by atoms with E-state index in [0.29, 0.717) is 25.4 Å². The van der Waals surface area contributed by atoms with E-state index in [1.54, 1.807) is 0 Å². The highest BCUT2D eigenvalue weighted by Crippen LogP contribution is 2.36. The number of amides is 1. The summed E-state index contributed by atoms with van der Waals surface area (Å²) in [5.41, 5.74) is -0.565. The fourth-order valence-corrected chi connectivity index (χ4v) is 3.79. The van der Waals surface area contributed by atoms with Gasteiger partial charge in [-0.15, -0.1) is 0 Å². The standard InChI is InChI=1S/C19H26F2N4O3/c20-19(21)10-25(11-19)15-17(28-9-13-4-5-13)23-14(8-22-15)16(27)24-18(12-26)6-2-1-3-7-18/h8,13,26H,1-7,9-12H2,(H,24,27). The highest BCUT2D eigenvalue weighted by Gasteiger charge is 2.46. The molecule has 0 unspecified atom stereocenters. The first-order valence-corrected chi connectivity index (χ1v) is 9.96. The van der Waals surface area contributed by atoms with Gasteiger partial charge in [0.15, 0.2) is 11.5 Å². The third kappa shape index (κ3) is 4.19. The molecule has 4 rings (SSSR count). The molecule has 1 saturated heterocycles. The van der Waals surface area contributed by atoms with Crippen molar-refractivity contribution in [1.29, 1.82) is 0 Å². The van der Waals surface area contributed by atoms with Gasteiger partial charge in [0.2, 0.25) is 0 Å². The molecule has 0 radical (unpaired) electrons. The zero-order chi connectivity index (χ0) is 19.8. The molecule has 7 nitrogen and oxygen atoms in total. The van der Waals surface area contributed by atoms with Gasteiger partial charge in [0.1, 0.15) is 0 Å². The van der Waals surface area contributed by atoms with E-state index >= 15 is 0 Å². The number of nitrogens with zero attached hydrogens (tertiary/aromatic N) is 3. The second-order valence-corrected chi connectivity index (χ2v) is 8.30. The number of ether oxygens (including phenoxy) is 1. The predicted octanol–water partition coefficient (Wildman–Crippen LogP) is 2.15. The van der Waals surface area contributed by atoms with Crippen LogP contribution in [0, 0.1) is 5.92 Å². The topological polar surface area (TPSA) is 87.6 Å². The molecule has 3 aliphatic rings. The average molecular weight is 396 g/mol. The summed E-state index contributed by atoms with van der Waals surface area (Å²) >= 11 is 0. The fourth-order valence-electron chi connectivity index (χ4n) is 3.79. The number of nitrogens with one attached hydrogen (secondary N) is 1. The van der Waals surface area contributed by atoms with E-state index in [-0.39, 0.29) is 24.0 Å². The molecule has 1 aliphatic heterocycles. The average Bonchev–Trinajstić information content (AvgIpc) is 3.49. The Hall–Kier alpha value is -2.03. The highest BCUT2D eigenvalue weighted by atomic mass is 19.3. The molecule has 0 spiro atoms. The van der Waals surface area contributed by atoms with Gasteiger partial charge in [0.05, 0.1) is 38.0 Å². The van der Waals surface area contributed by atoms with Gasteiger partial charge in [0, 0.05) is 0 Å². The second kappa shape index (κ2) is 7.42. The van der Waals surface area contributed by atoms with Crippen molar-refractivity contribution >= 4 is 11.7 Å². The van der Waals surface area contributed by atoms with Crippen molar-refractivity contribution in [2.45, 2.75) is 56.4 Å². The van der Waals surface area contributed by atoms with Crippen LogP contribution in [-0.2, 0) is 0 Å². The molecule has 9 heteroatoms. The van der Waals surface area contributed by atoms with Crippen molar-refractivity contribution in [3.8, 4) is 5.88 Å². The number of rotatable bonds is 7. The number of carbonyl (C=O) groups is 1. The van der Waals surface area contributed by atoms with Gasteiger partial charge in [-0.2, -0.15) is 0 Å². The lowest BCUT2D eigenvalue weighted by Gasteiger charge is -2.39. The molecule has 2 saturated carbocycles. The summed E-state index contributed by atoms with van der Waals surface area (Å²) in [6.45, 7) is -0.545. The zero-order valence-corrected chi connectivity index (χ0v) is 15.8. The largest absolute Gasteiger partial charge is 0.475 e. The summed E-state index contributed by atoms with van der Waals surface area (Å²) in [5, 5.41) is 12.7. The van der Waals surface area contributed by atoms with E-state index in [9.17, 15) is 18.7 Å². The van der Waals surface area contributed by atoms with Gasteiger partial charge in [-0.05, 0) is 31.6 Å². The van der Waals surface area contributed by atoms with Crippen molar-refractivity contribution < 1.29 is 23.4 Å². The van der Waals surface area contributed by atoms with Crippen LogP contribution < -0.4 is 15.0 Å². The minimum atomic E-state index is -2.74. The van der Waals surface area contributed by atoms with Crippen LogP contribution in [0.5, 0.6) is 5.88 Å². The fraction of sp³-hybridized carbons (Fsp3) is 0.737. The van der Waals surface area contributed by atoms with Crippen molar-refractivity contribution in [1.82, 2.24) is 15.3 Å². The Bertz CT molecular complexity index is 728. The van der Waals surface area contributed by atoms with Gasteiger partial charge in [-0.3, -0.25) is 4.79 Å². The number of hydrogen-bond donors (Lipinski definition) is 2. The first-order chi connectivity index (χ1) is 13.4. The van der Waals surface area contributed by atoms with Crippen LogP contribution in [0.1, 0.15) is 55.4 Å². The molecular weight excluding hydrogens is 370 g/mol. The van der Waals surface area contributed by atoms with E-state index in [1.807, 2.05) is 0 Å². The van der Waals surface area contributed by atoms with Gasteiger partial charge in [-0.25, -0.2) is 18.7 Å². The maximum atomic E-state index is 13.3. The van der Waals surface area contributed by atoms with Crippen LogP contribution in [0.15, 0.2) is 6.20 Å². The Morgan fingerprint density at radius 3 is 2.61 bits per heavy atom. The Balaban J connectivity index is 1.51. The van der Waals surface area contributed by atoms with Crippen LogP contribution in [0.25, 0.3) is 0 Å². The molecule has 154 valence electrons. The van der Waals surface area contributed by atoms with Gasteiger partial charge < -0.3 is 20.1 Å². The number of hydrogen-bond acceptors (Lipinski definition) is 6. The molecule has 3 fully saturated rings. The molecule has 1 amide bonds. The maximum absolute atomic E-state index is 13.3. The number of aliphatic hydroxyl groups is 1. The molecule has 0 bridgehead atoms. The smallest absolute Gasteiger partial charge is 0.282 e. The van der Waals surface area contributed by atoms with E-state index in [4.69, 9.17) is 4.74 Å². The Morgan fingerprint density at radius 2 is 2.00 bits per heavy atom. The van der Waals surface area contributed by atoms with Crippen LogP contribution in [0.4, 0.5) is 14.6 Å². The van der Waals surface area contributed by atoms with E-state index in [2.05, 4.69) is 15.3 Å². The Kier molecular flexibility index (Phi) is 5.11. The third-order valence-corrected chi connectivity index (χ3v) is 5.74. The Labute approximate surface area is 162 Å². The summed E-state index contributed by atoms with van der Waals surface area (Å²) < 4.78 is 32.2. The molecule has 0 aromatic carbocycles. The summed E-state index contributed by atoms with van der Waals surface area (Å²) in [7, 11) is 0. The maximum Gasteiger partial charge on any atom is 0.282 e. The van der Waals surface area contributed by atoms with Crippen molar-refractivity contribution in [2.24, 2.45) is 5.92 Å². The summed E-state index contributed by atoms with van der Waals surface area (Å²) in [4.78, 5) is 22.6. The third-order valence-electron chi connectivity index (χ3n) is 5.74. The predicted molar refractivity (Wildman–Crippen MR) is 97.8 cm³/mol. The summed E-state index contributed by atoms with van der Waals surface area (Å²) in [6, 6.07) is 0. The molecule has 1 aromatic heterocycles. The quantitative estimate of drug-likeness (QED) is 0.734. The first kappa shape index (κ1) is 19.3. The highest BCUT2D eigenvalue weighted by molar-refractivity contribution is 5.93. The molecule has 2 heterocycles. The monoisotopic (exact) mass is 396 g/mol. The van der Waals surface area contributed by atoms with E-state index in [0.717, 1.165) is 32.1 Å². The number of halogens is 2. The minimum absolute atomic E-state index is 0.0697. The van der Waals surface area contributed by atoms with Crippen LogP contribution in [0.2, 0.25) is 0 Å². The van der Waals surface area contributed by atoms with Gasteiger partial charge in [0.25, 0.3) is 17.7 Å². The minimum Gasteiger partial charge on any atom is -0.475 e. The summed E-state index contributed by atoms with van der Waals surface area (Å²) in [6.07, 6.45) is 7.86. The lowest BCUT2D eigenvalue weighted by Crippen LogP contribution is -2.57. The van der Waals surface area contributed by atoms with Gasteiger partial charge in [-0.1, -0.05) is 19.3 Å². The number of anilines is 1. The van der Waals surface area contributed by atoms with Gasteiger partial charge >= 0.3 is 0 Å². The van der Waals surface area contributed by atoms with Crippen molar-refractivity contribution in [3.05, 3.63) is 11.9 Å². The summed E-state index contributed by atoms with van der Waals surface area (Å²) in [5.74, 6) is -2.35. The zero-order valence-electron chi connectivity index (χ0n) is 15.8. The SMILES string of the molecule is O=C(NC1(CO)CCCCC1)c1cnc(N2CC(F)(F)C2)c(OCC2CC2)n1. The lowest BCUT2D eigenvalue weighted by molar-refractivity contribution is -0.0270. The number of alkyl halides is 2. The number of carbonyl (C=O) groups excluding carboxylic acids is 1. The normalized spacial score (nSPS) is 23.0. The molecule has 1 aromatic rings. The van der Waals surface area contributed by atoms with Crippen molar-refractivity contribution in [2.75, 3.05) is 31.2 Å². The first-order valence-electron chi connectivity index (χ1n) is 9.96. The van der Waals surface area contributed by atoms with Crippen molar-refractivity contribution in [3.63, 3.8) is 0 Å². The Morgan fingerprint density at radius 1 is 1.29 bits per heavy atom. The van der Waals surface area contributed by atoms with Crippen LogP contribution in [-0.4, -0.2) is 58.7 Å². The van der Waals surface area contributed by atoms with Crippen LogP contribution in [0.3, 0.4) is 0 Å². The number of aromatic nitrogens is 2. The molecule has 2 aliphatic carbocycles. The van der Waals surface area contributed by atoms with Crippen LogP contribution >= 0.6 is 0 Å². The van der Waals surface area contributed by atoms with E-state index in [1.165, 1.54) is 11.1 Å². The lowest BCUT2D eigenvalue weighted by atomic mass is 9.82. The van der Waals surface area contributed by atoms with E-state index < -0.39 is 30.5 Å². The molecule has 2 N–H and O–H groups in total. The molecule has 0 atom stereocenters.